The van der Waals surface area contributed by atoms with Gasteiger partial charge in [0.05, 0.1) is 13.0 Å². The number of Topliss-reactive ketones (excluding diaryl/α,β-unsaturated/α-hetero) is 1. The van der Waals surface area contributed by atoms with Crippen LogP contribution in [0.2, 0.25) is 0 Å². The van der Waals surface area contributed by atoms with E-state index in [1.807, 2.05) is 6.07 Å². The third kappa shape index (κ3) is 4.98. The second-order valence-electron chi connectivity index (χ2n) is 8.65. The van der Waals surface area contributed by atoms with E-state index in [4.69, 9.17) is 4.74 Å². The number of likely N-dealkylation sites (tertiary alicyclic amines) is 1. The Labute approximate surface area is 191 Å². The third-order valence-corrected chi connectivity index (χ3v) is 6.24. The smallest absolute Gasteiger partial charge is 0.321 e. The number of carbonyl (C=O) groups is 3. The zero-order chi connectivity index (χ0) is 23.5. The minimum atomic E-state index is -0.260. The molecule has 0 radical (unpaired) electrons. The second kappa shape index (κ2) is 9.58. The van der Waals surface area contributed by atoms with Gasteiger partial charge in [-0.2, -0.15) is 0 Å². The van der Waals surface area contributed by atoms with Crippen molar-refractivity contribution in [2.45, 2.75) is 32.2 Å². The summed E-state index contributed by atoms with van der Waals surface area (Å²) < 4.78 is 6.64. The van der Waals surface area contributed by atoms with Crippen molar-refractivity contribution in [3.05, 3.63) is 58.0 Å². The van der Waals surface area contributed by atoms with Gasteiger partial charge in [-0.1, -0.05) is 0 Å². The Balaban J connectivity index is 1.45. The number of methoxy groups -OCH3 is 1. The van der Waals surface area contributed by atoms with E-state index in [2.05, 4.69) is 10.6 Å². The standard InChI is InChI=1S/C24H28N4O5/c1-15(29)17-3-5-19(6-4-17)25-24(32)27-12-16-11-18(14-27)21-8-7-20(23(31)28(21)13-16)26-22(30)9-10-33-2/h3-8,16,18H,9-14H2,1-2H3,(H,25,32)(H,26,30). The van der Waals surface area contributed by atoms with Crippen LogP contribution in [0.5, 0.6) is 0 Å². The number of piperidine rings is 1. The summed E-state index contributed by atoms with van der Waals surface area (Å²) in [6, 6.07) is 10.1. The van der Waals surface area contributed by atoms with Crippen molar-refractivity contribution < 1.29 is 19.1 Å². The molecule has 9 nitrogen and oxygen atoms in total. The monoisotopic (exact) mass is 452 g/mol. The van der Waals surface area contributed by atoms with Gasteiger partial charge < -0.3 is 24.8 Å². The van der Waals surface area contributed by atoms with E-state index in [0.29, 0.717) is 37.5 Å². The molecule has 2 aliphatic rings. The van der Waals surface area contributed by atoms with Gasteiger partial charge in [0, 0.05) is 49.6 Å². The van der Waals surface area contributed by atoms with Crippen LogP contribution >= 0.6 is 0 Å². The summed E-state index contributed by atoms with van der Waals surface area (Å²) in [5, 5.41) is 5.58. The Hall–Kier alpha value is -3.46. The van der Waals surface area contributed by atoms with Gasteiger partial charge in [-0.3, -0.25) is 14.4 Å². The highest BCUT2D eigenvalue weighted by molar-refractivity contribution is 5.95. The van der Waals surface area contributed by atoms with Crippen LogP contribution < -0.4 is 16.2 Å². The molecular weight excluding hydrogens is 424 g/mol. The van der Waals surface area contributed by atoms with Gasteiger partial charge in [0.1, 0.15) is 5.69 Å². The van der Waals surface area contributed by atoms with Crippen LogP contribution in [0.4, 0.5) is 16.2 Å². The lowest BCUT2D eigenvalue weighted by molar-refractivity contribution is -0.117. The van der Waals surface area contributed by atoms with Gasteiger partial charge in [0.2, 0.25) is 5.91 Å². The van der Waals surface area contributed by atoms with Gasteiger partial charge >= 0.3 is 6.03 Å². The van der Waals surface area contributed by atoms with E-state index in [1.165, 1.54) is 14.0 Å². The number of fused-ring (bicyclic) bond motifs is 4. The Kier molecular flexibility index (Phi) is 6.60. The Morgan fingerprint density at radius 1 is 1.03 bits per heavy atom. The highest BCUT2D eigenvalue weighted by atomic mass is 16.5. The molecule has 0 saturated carbocycles. The van der Waals surface area contributed by atoms with Crippen LogP contribution in [0.25, 0.3) is 0 Å². The molecule has 2 bridgehead atoms. The number of carbonyl (C=O) groups excluding carboxylic acids is 3. The molecule has 0 spiro atoms. The van der Waals surface area contributed by atoms with E-state index in [0.717, 1.165) is 12.1 Å². The molecular formula is C24H28N4O5. The molecule has 2 atom stereocenters. The molecule has 174 valence electrons. The molecule has 0 aliphatic carbocycles. The summed E-state index contributed by atoms with van der Waals surface area (Å²) in [6.07, 6.45) is 1.10. The highest BCUT2D eigenvalue weighted by Gasteiger charge is 2.36. The summed E-state index contributed by atoms with van der Waals surface area (Å²) >= 11 is 0. The number of nitrogens with one attached hydrogen (secondary N) is 2. The maximum atomic E-state index is 13.0. The van der Waals surface area contributed by atoms with Crippen molar-refractivity contribution in [2.75, 3.05) is 37.4 Å². The summed E-state index contributed by atoms with van der Waals surface area (Å²) in [7, 11) is 1.52. The van der Waals surface area contributed by atoms with Crippen molar-refractivity contribution in [2.24, 2.45) is 5.92 Å². The van der Waals surface area contributed by atoms with Crippen LogP contribution in [0.15, 0.2) is 41.2 Å². The molecule has 3 amide bonds. The van der Waals surface area contributed by atoms with E-state index in [1.54, 1.807) is 39.8 Å². The number of hydrogen-bond donors (Lipinski definition) is 2. The van der Waals surface area contributed by atoms with Crippen molar-refractivity contribution in [3.63, 3.8) is 0 Å². The quantitative estimate of drug-likeness (QED) is 0.655. The minimum absolute atomic E-state index is 0.0247. The molecule has 33 heavy (non-hydrogen) atoms. The number of aromatic nitrogens is 1. The molecule has 2 aromatic rings. The summed E-state index contributed by atoms with van der Waals surface area (Å²) in [5.41, 5.74) is 2.16. The largest absolute Gasteiger partial charge is 0.384 e. The number of ether oxygens (including phenoxy) is 1. The summed E-state index contributed by atoms with van der Waals surface area (Å²) in [5.74, 6) is -0.0819. The third-order valence-electron chi connectivity index (χ3n) is 6.24. The first-order valence-electron chi connectivity index (χ1n) is 11.0. The molecule has 9 heteroatoms. The lowest BCUT2D eigenvalue weighted by Gasteiger charge is -2.42. The van der Waals surface area contributed by atoms with Crippen LogP contribution in [-0.4, -0.2) is 54.0 Å². The molecule has 1 aromatic carbocycles. The fourth-order valence-electron chi connectivity index (χ4n) is 4.61. The first kappa shape index (κ1) is 22.7. The normalized spacial score (nSPS) is 18.9. The topological polar surface area (TPSA) is 110 Å². The lowest BCUT2D eigenvalue weighted by Crippen LogP contribution is -2.50. The van der Waals surface area contributed by atoms with Crippen LogP contribution in [0.1, 0.15) is 41.7 Å². The maximum Gasteiger partial charge on any atom is 0.321 e. The number of urea groups is 1. The van der Waals surface area contributed by atoms with E-state index in [-0.39, 0.29) is 47.2 Å². The van der Waals surface area contributed by atoms with Crippen molar-refractivity contribution in [1.82, 2.24) is 9.47 Å². The summed E-state index contributed by atoms with van der Waals surface area (Å²) in [6.45, 7) is 3.35. The van der Waals surface area contributed by atoms with Gasteiger partial charge in [0.25, 0.3) is 5.56 Å². The van der Waals surface area contributed by atoms with Crippen LogP contribution in [-0.2, 0) is 16.1 Å². The number of rotatable bonds is 6. The SMILES string of the molecule is COCCC(=O)Nc1ccc2n(c1=O)CC1CC2CN(C(=O)Nc2ccc(C(C)=O)cc2)C1. The first-order chi connectivity index (χ1) is 15.9. The van der Waals surface area contributed by atoms with Gasteiger partial charge in [-0.05, 0) is 55.7 Å². The Morgan fingerprint density at radius 2 is 1.79 bits per heavy atom. The molecule has 2 unspecified atom stereocenters. The first-order valence-corrected chi connectivity index (χ1v) is 11.0. The lowest BCUT2D eigenvalue weighted by atomic mass is 9.83. The Morgan fingerprint density at radius 3 is 2.48 bits per heavy atom. The number of ketones is 1. The number of benzene rings is 1. The summed E-state index contributed by atoms with van der Waals surface area (Å²) in [4.78, 5) is 51.1. The molecule has 3 heterocycles. The minimum Gasteiger partial charge on any atom is -0.384 e. The predicted molar refractivity (Wildman–Crippen MR) is 124 cm³/mol. The average Bonchev–Trinajstić information content (AvgIpc) is 2.80. The van der Waals surface area contributed by atoms with Crippen molar-refractivity contribution >= 4 is 29.1 Å². The number of pyridine rings is 1. The number of hydrogen-bond acceptors (Lipinski definition) is 5. The predicted octanol–water partition coefficient (Wildman–Crippen LogP) is 2.68. The van der Waals surface area contributed by atoms with Gasteiger partial charge in [-0.15, -0.1) is 0 Å². The fourth-order valence-corrected chi connectivity index (χ4v) is 4.61. The number of amides is 3. The molecule has 1 fully saturated rings. The van der Waals surface area contributed by atoms with Crippen molar-refractivity contribution in [1.29, 1.82) is 0 Å². The second-order valence-corrected chi connectivity index (χ2v) is 8.65. The number of anilines is 2. The van der Waals surface area contributed by atoms with Crippen molar-refractivity contribution in [3.8, 4) is 0 Å². The zero-order valence-electron chi connectivity index (χ0n) is 18.8. The molecule has 1 aromatic heterocycles. The molecule has 4 rings (SSSR count). The number of nitrogens with zero attached hydrogens (tertiary/aromatic N) is 2. The van der Waals surface area contributed by atoms with Gasteiger partial charge in [-0.25, -0.2) is 4.79 Å². The van der Waals surface area contributed by atoms with Crippen LogP contribution in [0.3, 0.4) is 0 Å². The van der Waals surface area contributed by atoms with E-state index < -0.39 is 0 Å². The maximum absolute atomic E-state index is 13.0. The fraction of sp³-hybridized carbons (Fsp3) is 0.417. The zero-order valence-corrected chi connectivity index (χ0v) is 18.8. The van der Waals surface area contributed by atoms with E-state index >= 15 is 0 Å². The van der Waals surface area contributed by atoms with Gasteiger partial charge in [0.15, 0.2) is 5.78 Å². The average molecular weight is 453 g/mol. The molecule has 2 N–H and O–H groups in total. The van der Waals surface area contributed by atoms with Crippen LogP contribution in [0, 0.1) is 5.92 Å². The molecule has 1 saturated heterocycles. The highest BCUT2D eigenvalue weighted by Crippen LogP contribution is 2.35. The molecule has 2 aliphatic heterocycles. The van der Waals surface area contributed by atoms with E-state index in [9.17, 15) is 19.2 Å². The Bertz CT molecular complexity index is 1120.